The summed E-state index contributed by atoms with van der Waals surface area (Å²) in [5.74, 6) is -0.0819. The van der Waals surface area contributed by atoms with Crippen LogP contribution in [-0.4, -0.2) is 31.8 Å². The molecule has 4 rings (SSSR count). The molecule has 3 aromatic heterocycles. The van der Waals surface area contributed by atoms with Crippen LogP contribution in [0.1, 0.15) is 42.4 Å². The molecule has 144 valence electrons. The highest BCUT2D eigenvalue weighted by atomic mass is 16.1. The van der Waals surface area contributed by atoms with Crippen molar-refractivity contribution in [2.45, 2.75) is 39.8 Å². The van der Waals surface area contributed by atoms with Crippen LogP contribution in [0.25, 0.3) is 21.9 Å². The number of pyridine rings is 1. The molecule has 6 nitrogen and oxygen atoms in total. The van der Waals surface area contributed by atoms with Gasteiger partial charge in [-0.2, -0.15) is 5.10 Å². The van der Waals surface area contributed by atoms with Gasteiger partial charge >= 0.3 is 0 Å². The molecular formula is C22H25N5O. The molecule has 0 aliphatic carbocycles. The maximum Gasteiger partial charge on any atom is 0.253 e. The third-order valence-corrected chi connectivity index (χ3v) is 5.04. The fourth-order valence-corrected chi connectivity index (χ4v) is 3.56. The second-order valence-electron chi connectivity index (χ2n) is 7.39. The standard InChI is InChI=1S/C22H25N5O/c1-15(2)27-21-18(14-24-27)13-19(16(3)25-21)22(28)23-10-6-11-26-12-9-17-7-4-5-8-20(17)26/h4-5,7-9,12-15H,6,10-11H2,1-3H3,(H,23,28). The molecule has 1 aromatic carbocycles. The summed E-state index contributed by atoms with van der Waals surface area (Å²) in [5.41, 5.74) is 3.39. The number of rotatable bonds is 6. The quantitative estimate of drug-likeness (QED) is 0.516. The summed E-state index contributed by atoms with van der Waals surface area (Å²) >= 11 is 0. The summed E-state index contributed by atoms with van der Waals surface area (Å²) in [5, 5.41) is 9.54. The first kappa shape index (κ1) is 18.2. The van der Waals surface area contributed by atoms with E-state index >= 15 is 0 Å². The number of amides is 1. The number of hydrogen-bond acceptors (Lipinski definition) is 3. The van der Waals surface area contributed by atoms with E-state index in [1.165, 1.54) is 10.9 Å². The Bertz CT molecular complexity index is 1140. The molecule has 0 unspecified atom stereocenters. The van der Waals surface area contributed by atoms with Gasteiger partial charge in [0.05, 0.1) is 17.5 Å². The monoisotopic (exact) mass is 375 g/mol. The smallest absolute Gasteiger partial charge is 0.253 e. The average molecular weight is 375 g/mol. The molecule has 0 atom stereocenters. The van der Waals surface area contributed by atoms with Crippen LogP contribution in [0.3, 0.4) is 0 Å². The molecule has 4 aromatic rings. The Morgan fingerprint density at radius 3 is 2.82 bits per heavy atom. The predicted molar refractivity (Wildman–Crippen MR) is 112 cm³/mol. The first-order valence-corrected chi connectivity index (χ1v) is 9.71. The molecule has 0 bridgehead atoms. The number of carbonyl (C=O) groups is 1. The van der Waals surface area contributed by atoms with Crippen LogP contribution in [0, 0.1) is 6.92 Å². The van der Waals surface area contributed by atoms with E-state index in [9.17, 15) is 4.79 Å². The van der Waals surface area contributed by atoms with Crippen molar-refractivity contribution in [3.8, 4) is 0 Å². The number of fused-ring (bicyclic) bond motifs is 2. The fraction of sp³-hybridized carbons (Fsp3) is 0.318. The highest BCUT2D eigenvalue weighted by molar-refractivity contribution is 5.98. The van der Waals surface area contributed by atoms with Gasteiger partial charge in [0, 0.05) is 36.2 Å². The second kappa shape index (κ2) is 7.46. The minimum absolute atomic E-state index is 0.0819. The van der Waals surface area contributed by atoms with Gasteiger partial charge in [0.2, 0.25) is 0 Å². The van der Waals surface area contributed by atoms with Gasteiger partial charge < -0.3 is 9.88 Å². The molecular weight excluding hydrogens is 350 g/mol. The van der Waals surface area contributed by atoms with E-state index in [1.807, 2.05) is 29.8 Å². The van der Waals surface area contributed by atoms with E-state index in [4.69, 9.17) is 0 Å². The van der Waals surface area contributed by atoms with Gasteiger partial charge in [0.1, 0.15) is 0 Å². The zero-order valence-electron chi connectivity index (χ0n) is 16.5. The van der Waals surface area contributed by atoms with Gasteiger partial charge in [0.15, 0.2) is 5.65 Å². The van der Waals surface area contributed by atoms with Gasteiger partial charge in [0.25, 0.3) is 5.91 Å². The number of hydrogen-bond donors (Lipinski definition) is 1. The molecule has 0 aliphatic heterocycles. The third kappa shape index (κ3) is 3.38. The van der Waals surface area contributed by atoms with Crippen molar-refractivity contribution < 1.29 is 4.79 Å². The lowest BCUT2D eigenvalue weighted by atomic mass is 10.1. The van der Waals surface area contributed by atoms with Crippen molar-refractivity contribution in [1.82, 2.24) is 24.6 Å². The molecule has 6 heteroatoms. The molecule has 3 heterocycles. The van der Waals surface area contributed by atoms with Gasteiger partial charge in [-0.05, 0) is 50.8 Å². The number of aromatic nitrogens is 4. The Morgan fingerprint density at radius 2 is 2.00 bits per heavy atom. The lowest BCUT2D eigenvalue weighted by molar-refractivity contribution is 0.0952. The minimum Gasteiger partial charge on any atom is -0.352 e. The number of aryl methyl sites for hydroxylation is 2. The van der Waals surface area contributed by atoms with Gasteiger partial charge in [-0.25, -0.2) is 9.67 Å². The summed E-state index contributed by atoms with van der Waals surface area (Å²) < 4.78 is 4.10. The molecule has 0 aliphatic rings. The Morgan fingerprint density at radius 1 is 1.18 bits per heavy atom. The molecule has 1 amide bonds. The van der Waals surface area contributed by atoms with Crippen LogP contribution in [0.15, 0.2) is 48.8 Å². The topological polar surface area (TPSA) is 64.7 Å². The summed E-state index contributed by atoms with van der Waals surface area (Å²) in [6, 6.07) is 12.6. The number of nitrogens with zero attached hydrogens (tertiary/aromatic N) is 4. The summed E-state index contributed by atoms with van der Waals surface area (Å²) in [7, 11) is 0. The summed E-state index contributed by atoms with van der Waals surface area (Å²) in [6.45, 7) is 7.49. The van der Waals surface area contributed by atoms with Crippen molar-refractivity contribution in [2.75, 3.05) is 6.54 Å². The fourth-order valence-electron chi connectivity index (χ4n) is 3.56. The molecule has 0 spiro atoms. The zero-order chi connectivity index (χ0) is 19.7. The summed E-state index contributed by atoms with van der Waals surface area (Å²) in [4.78, 5) is 17.3. The van der Waals surface area contributed by atoms with Crippen molar-refractivity contribution >= 4 is 27.8 Å². The Kier molecular flexibility index (Phi) is 4.86. The molecule has 0 saturated carbocycles. The van der Waals surface area contributed by atoms with Crippen molar-refractivity contribution in [3.05, 3.63) is 60.0 Å². The SMILES string of the molecule is Cc1nc2c(cnn2C(C)C)cc1C(=O)NCCCn1ccc2ccccc21. The van der Waals surface area contributed by atoms with Crippen molar-refractivity contribution in [1.29, 1.82) is 0 Å². The molecule has 0 saturated heterocycles. The Labute approximate surface area is 164 Å². The first-order chi connectivity index (χ1) is 13.5. The van der Waals surface area contributed by atoms with Crippen LogP contribution in [0.2, 0.25) is 0 Å². The number of nitrogens with one attached hydrogen (secondary N) is 1. The van der Waals surface area contributed by atoms with Crippen LogP contribution < -0.4 is 5.32 Å². The maximum absolute atomic E-state index is 12.6. The maximum atomic E-state index is 12.6. The van der Waals surface area contributed by atoms with E-state index in [0.29, 0.717) is 12.1 Å². The van der Waals surface area contributed by atoms with E-state index in [1.54, 1.807) is 6.20 Å². The predicted octanol–water partition coefficient (Wildman–Crippen LogP) is 4.10. The molecule has 0 fully saturated rings. The zero-order valence-corrected chi connectivity index (χ0v) is 16.5. The van der Waals surface area contributed by atoms with E-state index in [-0.39, 0.29) is 11.9 Å². The number of para-hydroxylation sites is 1. The van der Waals surface area contributed by atoms with Crippen molar-refractivity contribution in [3.63, 3.8) is 0 Å². The Hall–Kier alpha value is -3.15. The van der Waals surface area contributed by atoms with Gasteiger partial charge in [-0.3, -0.25) is 4.79 Å². The lowest BCUT2D eigenvalue weighted by Gasteiger charge is -2.10. The van der Waals surface area contributed by atoms with Gasteiger partial charge in [-0.1, -0.05) is 18.2 Å². The molecule has 1 N–H and O–H groups in total. The highest BCUT2D eigenvalue weighted by Crippen LogP contribution is 2.19. The molecule has 28 heavy (non-hydrogen) atoms. The van der Waals surface area contributed by atoms with Crippen LogP contribution in [-0.2, 0) is 6.54 Å². The minimum atomic E-state index is -0.0819. The largest absolute Gasteiger partial charge is 0.352 e. The van der Waals surface area contributed by atoms with Crippen LogP contribution >= 0.6 is 0 Å². The highest BCUT2D eigenvalue weighted by Gasteiger charge is 2.15. The summed E-state index contributed by atoms with van der Waals surface area (Å²) in [6.07, 6.45) is 4.74. The van der Waals surface area contributed by atoms with E-state index in [0.717, 1.165) is 29.7 Å². The van der Waals surface area contributed by atoms with Crippen LogP contribution in [0.5, 0.6) is 0 Å². The van der Waals surface area contributed by atoms with E-state index < -0.39 is 0 Å². The van der Waals surface area contributed by atoms with Crippen LogP contribution in [0.4, 0.5) is 0 Å². The average Bonchev–Trinajstić information content (AvgIpc) is 3.28. The number of carbonyl (C=O) groups excluding carboxylic acids is 1. The number of benzene rings is 1. The second-order valence-corrected chi connectivity index (χ2v) is 7.39. The van der Waals surface area contributed by atoms with Crippen molar-refractivity contribution in [2.24, 2.45) is 0 Å². The van der Waals surface area contributed by atoms with E-state index in [2.05, 4.69) is 58.2 Å². The third-order valence-electron chi connectivity index (χ3n) is 5.04. The van der Waals surface area contributed by atoms with Gasteiger partial charge in [-0.15, -0.1) is 0 Å². The first-order valence-electron chi connectivity index (χ1n) is 9.71. The lowest BCUT2D eigenvalue weighted by Crippen LogP contribution is -2.26. The Balaban J connectivity index is 1.40. The normalized spacial score (nSPS) is 11.6. The molecule has 0 radical (unpaired) electrons.